The molecule has 0 fully saturated rings. The Kier molecular flexibility index (Phi) is 4.28. The summed E-state index contributed by atoms with van der Waals surface area (Å²) in [5.74, 6) is 1.70. The minimum atomic E-state index is -0.194. The fourth-order valence-corrected chi connectivity index (χ4v) is 1.30. The molecule has 0 bridgehead atoms. The molecule has 0 unspecified atom stereocenters. The van der Waals surface area contributed by atoms with E-state index in [0.717, 1.165) is 5.75 Å². The second kappa shape index (κ2) is 4.15. The Morgan fingerprint density at radius 1 is 1.33 bits per heavy atom. The van der Waals surface area contributed by atoms with E-state index >= 15 is 0 Å². The summed E-state index contributed by atoms with van der Waals surface area (Å²) >= 11 is 1.69. The summed E-state index contributed by atoms with van der Waals surface area (Å²) in [4.78, 5) is 0. The zero-order valence-corrected chi connectivity index (χ0v) is 7.22. The maximum Gasteiger partial charge on any atom is 0.0984 e. The molecule has 0 aromatic heterocycles. The molecule has 0 rings (SSSR count). The van der Waals surface area contributed by atoms with Crippen molar-refractivity contribution in [3.63, 3.8) is 0 Å². The molecule has 0 nitrogen and oxygen atoms in total. The van der Waals surface area contributed by atoms with Gasteiger partial charge in [-0.25, -0.2) is 0 Å². The van der Waals surface area contributed by atoms with Crippen LogP contribution in [0.1, 0.15) is 20.8 Å². The Hall–Kier alpha value is 0.280. The van der Waals surface area contributed by atoms with Gasteiger partial charge in [-0.15, -0.1) is 0 Å². The Bertz CT molecular complexity index is 65.8. The Labute approximate surface area is 61.2 Å². The molecule has 0 aromatic rings. The second-order valence-electron chi connectivity index (χ2n) is 3.30. The molecule has 0 saturated carbocycles. The van der Waals surface area contributed by atoms with Gasteiger partial charge in [0.2, 0.25) is 0 Å². The van der Waals surface area contributed by atoms with Gasteiger partial charge in [0.05, 0.1) is 6.67 Å². The van der Waals surface area contributed by atoms with Gasteiger partial charge in [-0.1, -0.05) is 20.8 Å². The average molecular weight is 150 g/mol. The minimum Gasteiger partial charge on any atom is -0.250 e. The molecule has 0 atom stereocenters. The van der Waals surface area contributed by atoms with E-state index < -0.39 is 0 Å². The molecule has 0 N–H and O–H groups in total. The summed E-state index contributed by atoms with van der Waals surface area (Å²) in [6.07, 6.45) is 0. The van der Waals surface area contributed by atoms with Crippen LogP contribution >= 0.6 is 11.8 Å². The predicted molar refractivity (Wildman–Crippen MR) is 42.8 cm³/mol. The van der Waals surface area contributed by atoms with Gasteiger partial charge in [0.1, 0.15) is 0 Å². The topological polar surface area (TPSA) is 0 Å². The summed E-state index contributed by atoms with van der Waals surface area (Å²) < 4.78 is 11.5. The van der Waals surface area contributed by atoms with Crippen LogP contribution in [0, 0.1) is 5.41 Å². The molecule has 0 radical (unpaired) electrons. The third-order valence-corrected chi connectivity index (χ3v) is 2.27. The number of rotatable bonds is 3. The van der Waals surface area contributed by atoms with E-state index in [2.05, 4.69) is 20.8 Å². The van der Waals surface area contributed by atoms with Gasteiger partial charge in [0.15, 0.2) is 0 Å². The first-order valence-corrected chi connectivity index (χ1v) is 4.35. The Morgan fingerprint density at radius 3 is 2.22 bits per heavy atom. The van der Waals surface area contributed by atoms with Crippen LogP contribution in [0.25, 0.3) is 0 Å². The summed E-state index contributed by atoms with van der Waals surface area (Å²) in [7, 11) is 0. The standard InChI is InChI=1S/C7H15FS/c1-7(2,3)6-9-5-4-8/h4-6H2,1-3H3. The fraction of sp³-hybridized carbons (Fsp3) is 1.00. The van der Waals surface area contributed by atoms with E-state index in [4.69, 9.17) is 0 Å². The molecule has 56 valence electrons. The lowest BCUT2D eigenvalue weighted by atomic mass is 10.0. The molecule has 0 spiro atoms. The lowest BCUT2D eigenvalue weighted by Crippen LogP contribution is -2.08. The minimum absolute atomic E-state index is 0.194. The first kappa shape index (κ1) is 9.28. The highest BCUT2D eigenvalue weighted by Gasteiger charge is 2.08. The van der Waals surface area contributed by atoms with Gasteiger partial charge >= 0.3 is 0 Å². The number of thioether (sulfide) groups is 1. The molecule has 2 heteroatoms. The van der Waals surface area contributed by atoms with Gasteiger partial charge < -0.3 is 0 Å². The van der Waals surface area contributed by atoms with Gasteiger partial charge in [-0.2, -0.15) is 11.8 Å². The highest BCUT2D eigenvalue weighted by Crippen LogP contribution is 2.19. The maximum absolute atomic E-state index is 11.5. The van der Waals surface area contributed by atoms with E-state index in [1.807, 2.05) is 0 Å². The number of halogens is 1. The van der Waals surface area contributed by atoms with Crippen molar-refractivity contribution in [2.75, 3.05) is 18.2 Å². The monoisotopic (exact) mass is 150 g/mol. The van der Waals surface area contributed by atoms with Crippen molar-refractivity contribution in [3.05, 3.63) is 0 Å². The molecule has 0 heterocycles. The van der Waals surface area contributed by atoms with Crippen molar-refractivity contribution in [2.24, 2.45) is 5.41 Å². The molecule has 9 heavy (non-hydrogen) atoms. The van der Waals surface area contributed by atoms with E-state index in [9.17, 15) is 4.39 Å². The van der Waals surface area contributed by atoms with Gasteiger partial charge in [0.25, 0.3) is 0 Å². The van der Waals surface area contributed by atoms with Gasteiger partial charge in [-0.05, 0) is 11.2 Å². The zero-order chi connectivity index (χ0) is 7.33. The second-order valence-corrected chi connectivity index (χ2v) is 4.41. The van der Waals surface area contributed by atoms with Crippen LogP contribution in [0.2, 0.25) is 0 Å². The molecule has 0 aliphatic carbocycles. The third kappa shape index (κ3) is 8.28. The lowest BCUT2D eigenvalue weighted by molar-refractivity contribution is 0.479. The van der Waals surface area contributed by atoms with E-state index in [-0.39, 0.29) is 6.67 Å². The van der Waals surface area contributed by atoms with Gasteiger partial charge in [0, 0.05) is 5.75 Å². The summed E-state index contributed by atoms with van der Waals surface area (Å²) in [6, 6.07) is 0. The van der Waals surface area contributed by atoms with Crippen LogP contribution < -0.4 is 0 Å². The molecule has 0 amide bonds. The smallest absolute Gasteiger partial charge is 0.0984 e. The molecular formula is C7H15FS. The molecule has 0 aromatic carbocycles. The van der Waals surface area contributed by atoms with Crippen molar-refractivity contribution in [3.8, 4) is 0 Å². The predicted octanol–water partition coefficient (Wildman–Crippen LogP) is 2.74. The lowest BCUT2D eigenvalue weighted by Gasteiger charge is -2.16. The van der Waals surface area contributed by atoms with E-state index in [1.54, 1.807) is 11.8 Å². The van der Waals surface area contributed by atoms with Crippen LogP contribution in [0.5, 0.6) is 0 Å². The zero-order valence-electron chi connectivity index (χ0n) is 6.41. The maximum atomic E-state index is 11.5. The molecule has 0 saturated heterocycles. The fourth-order valence-electron chi connectivity index (χ4n) is 0.433. The average Bonchev–Trinajstić information content (AvgIpc) is 1.63. The molecular weight excluding hydrogens is 135 g/mol. The quantitative estimate of drug-likeness (QED) is 0.557. The first-order chi connectivity index (χ1) is 4.06. The normalized spacial score (nSPS) is 12.0. The van der Waals surface area contributed by atoms with Crippen LogP contribution in [0.15, 0.2) is 0 Å². The van der Waals surface area contributed by atoms with Crippen LogP contribution in [-0.2, 0) is 0 Å². The van der Waals surface area contributed by atoms with Crippen molar-refractivity contribution >= 4 is 11.8 Å². The van der Waals surface area contributed by atoms with Crippen molar-refractivity contribution in [2.45, 2.75) is 20.8 Å². The Morgan fingerprint density at radius 2 is 1.89 bits per heavy atom. The molecule has 0 aliphatic heterocycles. The van der Waals surface area contributed by atoms with E-state index in [1.165, 1.54) is 0 Å². The van der Waals surface area contributed by atoms with Gasteiger partial charge in [-0.3, -0.25) is 4.39 Å². The van der Waals surface area contributed by atoms with Crippen molar-refractivity contribution in [1.82, 2.24) is 0 Å². The highest BCUT2D eigenvalue weighted by atomic mass is 32.2. The van der Waals surface area contributed by atoms with E-state index in [0.29, 0.717) is 11.2 Å². The molecule has 0 aliphatic rings. The van der Waals surface area contributed by atoms with Crippen LogP contribution in [-0.4, -0.2) is 18.2 Å². The first-order valence-electron chi connectivity index (χ1n) is 3.20. The summed E-state index contributed by atoms with van der Waals surface area (Å²) in [5, 5.41) is 0. The van der Waals surface area contributed by atoms with Crippen LogP contribution in [0.4, 0.5) is 4.39 Å². The Balaban J connectivity index is 3.07. The summed E-state index contributed by atoms with van der Waals surface area (Å²) in [6.45, 7) is 6.30. The number of hydrogen-bond donors (Lipinski definition) is 0. The van der Waals surface area contributed by atoms with Crippen molar-refractivity contribution < 1.29 is 4.39 Å². The number of alkyl halides is 1. The van der Waals surface area contributed by atoms with Crippen molar-refractivity contribution in [1.29, 1.82) is 0 Å². The SMILES string of the molecule is CC(C)(C)CSCCF. The largest absolute Gasteiger partial charge is 0.250 e. The summed E-state index contributed by atoms with van der Waals surface area (Å²) in [5.41, 5.74) is 0.347. The third-order valence-electron chi connectivity index (χ3n) is 0.757. The highest BCUT2D eigenvalue weighted by molar-refractivity contribution is 7.99. The van der Waals surface area contributed by atoms with Crippen LogP contribution in [0.3, 0.4) is 0 Å². The number of hydrogen-bond acceptors (Lipinski definition) is 1.